The van der Waals surface area contributed by atoms with Crippen LogP contribution in [0.3, 0.4) is 0 Å². The number of halogens is 1. The summed E-state index contributed by atoms with van der Waals surface area (Å²) in [6.45, 7) is 8.08. The normalized spacial score (nSPS) is 12.2. The van der Waals surface area contributed by atoms with Crippen molar-refractivity contribution in [2.75, 3.05) is 18.8 Å². The molecule has 0 saturated heterocycles. The van der Waals surface area contributed by atoms with Gasteiger partial charge in [-0.1, -0.05) is 37.1 Å². The van der Waals surface area contributed by atoms with E-state index < -0.39 is 16.0 Å². The number of nitrogens with zero attached hydrogens (tertiary/aromatic N) is 2. The van der Waals surface area contributed by atoms with Crippen molar-refractivity contribution in [1.29, 1.82) is 0 Å². The topological polar surface area (TPSA) is 87.6 Å². The second-order valence-electron chi connectivity index (χ2n) is 6.99. The first kappa shape index (κ1) is 22.8. The molecule has 0 fully saturated rings. The molecule has 0 aliphatic heterocycles. The molecule has 1 heterocycles. The summed E-state index contributed by atoms with van der Waals surface area (Å²) in [4.78, 5) is 16.7. The summed E-state index contributed by atoms with van der Waals surface area (Å²) in [6, 6.07) is 7.04. The van der Waals surface area contributed by atoms with Crippen LogP contribution in [0.4, 0.5) is 0 Å². The van der Waals surface area contributed by atoms with Gasteiger partial charge in [0.05, 0.1) is 21.8 Å². The molecule has 0 radical (unpaired) electrons. The second-order valence-corrected chi connectivity index (χ2v) is 10.3. The summed E-state index contributed by atoms with van der Waals surface area (Å²) in [6.07, 6.45) is 0. The van der Waals surface area contributed by atoms with Gasteiger partial charge in [0.1, 0.15) is 4.90 Å². The van der Waals surface area contributed by atoms with Crippen LogP contribution in [0.5, 0.6) is 0 Å². The molecule has 3 aromatic rings. The highest BCUT2D eigenvalue weighted by molar-refractivity contribution is 8.00. The van der Waals surface area contributed by atoms with Crippen LogP contribution in [-0.2, 0) is 14.8 Å². The number of aryl methyl sites for hydroxylation is 2. The zero-order chi connectivity index (χ0) is 22.2. The van der Waals surface area contributed by atoms with Crippen LogP contribution in [0.1, 0.15) is 25.0 Å². The highest BCUT2D eigenvalue weighted by Gasteiger charge is 2.26. The standard InChI is InChI=1S/C21H23ClN2O4S2/c1-5-24(6-2)30(27,28)18-9-14-17(10-16(18)22)23-20-13(4)7-12(3)8-15(20)21(14)29-11-19(25)26/h7-10H,5-6,11H2,1-4H3,(H,25,26). The zero-order valence-electron chi connectivity index (χ0n) is 17.2. The van der Waals surface area contributed by atoms with Crippen LogP contribution in [0.15, 0.2) is 34.1 Å². The molecule has 1 aromatic heterocycles. The SMILES string of the molecule is CCN(CC)S(=O)(=O)c1cc2c(SCC(=O)O)c3cc(C)cc(C)c3nc2cc1Cl. The summed E-state index contributed by atoms with van der Waals surface area (Å²) in [5.41, 5.74) is 3.26. The number of sulfonamides is 1. The Kier molecular flexibility index (Phi) is 6.62. The van der Waals surface area contributed by atoms with Crippen molar-refractivity contribution in [3.05, 3.63) is 40.4 Å². The van der Waals surface area contributed by atoms with Crippen LogP contribution in [0.25, 0.3) is 21.8 Å². The van der Waals surface area contributed by atoms with Crippen molar-refractivity contribution < 1.29 is 18.3 Å². The Hall–Kier alpha value is -1.87. The molecule has 0 bridgehead atoms. The average molecular weight is 467 g/mol. The lowest BCUT2D eigenvalue weighted by Crippen LogP contribution is -2.30. The monoisotopic (exact) mass is 466 g/mol. The lowest BCUT2D eigenvalue weighted by molar-refractivity contribution is -0.133. The third-order valence-electron chi connectivity index (χ3n) is 4.88. The fourth-order valence-electron chi connectivity index (χ4n) is 3.55. The highest BCUT2D eigenvalue weighted by atomic mass is 35.5. The molecule has 0 aliphatic rings. The Morgan fingerprint density at radius 3 is 2.40 bits per heavy atom. The quantitative estimate of drug-likeness (QED) is 0.395. The van der Waals surface area contributed by atoms with Gasteiger partial charge in [0.2, 0.25) is 10.0 Å². The zero-order valence-corrected chi connectivity index (χ0v) is 19.6. The number of fused-ring (bicyclic) bond motifs is 2. The minimum atomic E-state index is -3.79. The van der Waals surface area contributed by atoms with Crippen molar-refractivity contribution in [2.24, 2.45) is 0 Å². The molecule has 0 atom stereocenters. The summed E-state index contributed by atoms with van der Waals surface area (Å²) in [5, 5.41) is 10.7. The number of carboxylic acids is 1. The molecule has 0 aliphatic carbocycles. The van der Waals surface area contributed by atoms with E-state index in [1.54, 1.807) is 19.9 Å². The summed E-state index contributed by atoms with van der Waals surface area (Å²) in [5.74, 6) is -1.10. The average Bonchev–Trinajstić information content (AvgIpc) is 2.65. The number of carboxylic acid groups (broad SMARTS) is 1. The molecule has 2 aromatic carbocycles. The third kappa shape index (κ3) is 4.14. The molecule has 0 saturated carbocycles. The summed E-state index contributed by atoms with van der Waals surface area (Å²) in [7, 11) is -3.79. The predicted molar refractivity (Wildman–Crippen MR) is 122 cm³/mol. The van der Waals surface area contributed by atoms with E-state index in [1.807, 2.05) is 26.0 Å². The Balaban J connectivity index is 2.41. The van der Waals surface area contributed by atoms with Gasteiger partial charge in [0, 0.05) is 28.8 Å². The largest absolute Gasteiger partial charge is 0.481 e. The molecule has 1 N–H and O–H groups in total. The number of hydrogen-bond donors (Lipinski definition) is 1. The van der Waals surface area contributed by atoms with E-state index in [0.717, 1.165) is 33.8 Å². The first-order chi connectivity index (χ1) is 14.1. The van der Waals surface area contributed by atoms with Crippen LogP contribution in [-0.4, -0.2) is 47.6 Å². The number of aliphatic carboxylic acids is 1. The number of hydrogen-bond acceptors (Lipinski definition) is 5. The molecule has 9 heteroatoms. The predicted octanol–water partition coefficient (Wildman–Crippen LogP) is 4.87. The maximum Gasteiger partial charge on any atom is 0.313 e. The lowest BCUT2D eigenvalue weighted by Gasteiger charge is -2.20. The van der Waals surface area contributed by atoms with Crippen LogP contribution < -0.4 is 0 Å². The van der Waals surface area contributed by atoms with E-state index in [1.165, 1.54) is 10.4 Å². The minimum absolute atomic E-state index is 0.00284. The third-order valence-corrected chi connectivity index (χ3v) is 8.51. The Morgan fingerprint density at radius 1 is 1.13 bits per heavy atom. The van der Waals surface area contributed by atoms with Gasteiger partial charge in [-0.05, 0) is 37.6 Å². The molecule has 3 rings (SSSR count). The lowest BCUT2D eigenvalue weighted by atomic mass is 10.0. The Bertz CT molecular complexity index is 1260. The van der Waals surface area contributed by atoms with Crippen LogP contribution in [0.2, 0.25) is 5.02 Å². The Morgan fingerprint density at radius 2 is 1.80 bits per heavy atom. The van der Waals surface area contributed by atoms with Gasteiger partial charge < -0.3 is 5.11 Å². The molecular weight excluding hydrogens is 444 g/mol. The number of benzene rings is 2. The van der Waals surface area contributed by atoms with Gasteiger partial charge in [-0.25, -0.2) is 13.4 Å². The first-order valence-electron chi connectivity index (χ1n) is 9.49. The van der Waals surface area contributed by atoms with E-state index in [0.29, 0.717) is 28.9 Å². The van der Waals surface area contributed by atoms with E-state index in [4.69, 9.17) is 16.6 Å². The van der Waals surface area contributed by atoms with Gasteiger partial charge in [-0.2, -0.15) is 4.31 Å². The second kappa shape index (κ2) is 8.70. The van der Waals surface area contributed by atoms with E-state index >= 15 is 0 Å². The highest BCUT2D eigenvalue weighted by Crippen LogP contribution is 2.39. The van der Waals surface area contributed by atoms with Gasteiger partial charge in [0.25, 0.3) is 0 Å². The number of rotatable bonds is 7. The van der Waals surface area contributed by atoms with Gasteiger partial charge >= 0.3 is 5.97 Å². The van der Waals surface area contributed by atoms with Gasteiger partial charge in [-0.3, -0.25) is 4.79 Å². The van der Waals surface area contributed by atoms with E-state index in [9.17, 15) is 18.3 Å². The number of aromatic nitrogens is 1. The fraction of sp³-hybridized carbons (Fsp3) is 0.333. The van der Waals surface area contributed by atoms with Crippen LogP contribution >= 0.6 is 23.4 Å². The van der Waals surface area contributed by atoms with E-state index in [2.05, 4.69) is 0 Å². The smallest absolute Gasteiger partial charge is 0.313 e. The molecule has 160 valence electrons. The van der Waals surface area contributed by atoms with Crippen molar-refractivity contribution in [3.63, 3.8) is 0 Å². The molecule has 6 nitrogen and oxygen atoms in total. The summed E-state index contributed by atoms with van der Waals surface area (Å²) < 4.78 is 27.6. The van der Waals surface area contributed by atoms with Crippen molar-refractivity contribution in [2.45, 2.75) is 37.5 Å². The molecule has 30 heavy (non-hydrogen) atoms. The van der Waals surface area contributed by atoms with Crippen LogP contribution in [0, 0.1) is 13.8 Å². The molecule has 0 unspecified atom stereocenters. The first-order valence-corrected chi connectivity index (χ1v) is 12.3. The van der Waals surface area contributed by atoms with Crippen molar-refractivity contribution >= 4 is 61.2 Å². The molecule has 0 spiro atoms. The van der Waals surface area contributed by atoms with Crippen molar-refractivity contribution in [3.8, 4) is 0 Å². The summed E-state index contributed by atoms with van der Waals surface area (Å²) >= 11 is 7.55. The van der Waals surface area contributed by atoms with Crippen molar-refractivity contribution in [1.82, 2.24) is 9.29 Å². The number of thioether (sulfide) groups is 1. The van der Waals surface area contributed by atoms with Gasteiger partial charge in [-0.15, -0.1) is 11.8 Å². The van der Waals surface area contributed by atoms with Gasteiger partial charge in [0.15, 0.2) is 0 Å². The maximum absolute atomic E-state index is 13.1. The molecule has 0 amide bonds. The van der Waals surface area contributed by atoms with E-state index in [-0.39, 0.29) is 15.7 Å². The molecular formula is C21H23ClN2O4S2. The maximum atomic E-state index is 13.1. The number of pyridine rings is 1. The fourth-order valence-corrected chi connectivity index (χ4v) is 6.43. The Labute approximate surface area is 185 Å². The number of carbonyl (C=O) groups is 1. The minimum Gasteiger partial charge on any atom is -0.481 e.